The second-order valence-corrected chi connectivity index (χ2v) is 5.07. The Morgan fingerprint density at radius 3 is 2.86 bits per heavy atom. The first-order chi connectivity index (χ1) is 9.85. The van der Waals surface area contributed by atoms with E-state index in [1.165, 1.54) is 18.3 Å². The maximum absolute atomic E-state index is 12.4. The number of pyridine rings is 1. The summed E-state index contributed by atoms with van der Waals surface area (Å²) in [6, 6.07) is 4.30. The Morgan fingerprint density at radius 1 is 1.48 bits per heavy atom. The number of nitrogens with zero attached hydrogens (tertiary/aromatic N) is 2. The Labute approximate surface area is 121 Å². The Hall–Kier alpha value is -2.03. The molecule has 2 aromatic heterocycles. The minimum absolute atomic E-state index is 0.0324. The Morgan fingerprint density at radius 2 is 2.24 bits per heavy atom. The summed E-state index contributed by atoms with van der Waals surface area (Å²) in [5.74, 6) is -0.251. The van der Waals surface area contributed by atoms with E-state index in [2.05, 4.69) is 15.5 Å². The molecular weight excluding hydrogens is 307 g/mol. The van der Waals surface area contributed by atoms with Gasteiger partial charge >= 0.3 is 5.51 Å². The zero-order valence-electron chi connectivity index (χ0n) is 10.8. The molecule has 0 aromatic carbocycles. The summed E-state index contributed by atoms with van der Waals surface area (Å²) < 4.78 is 42.1. The topological polar surface area (TPSA) is 68.0 Å². The first kappa shape index (κ1) is 15.4. The van der Waals surface area contributed by atoms with Crippen molar-refractivity contribution >= 4 is 17.7 Å². The van der Waals surface area contributed by atoms with Crippen LogP contribution in [0.1, 0.15) is 21.8 Å². The molecule has 2 rings (SSSR count). The van der Waals surface area contributed by atoms with Gasteiger partial charge < -0.3 is 9.84 Å². The predicted octanol–water partition coefficient (Wildman–Crippen LogP) is 2.92. The highest BCUT2D eigenvalue weighted by Gasteiger charge is 2.32. The van der Waals surface area contributed by atoms with Crippen molar-refractivity contribution in [2.24, 2.45) is 0 Å². The molecule has 112 valence electrons. The van der Waals surface area contributed by atoms with Crippen LogP contribution in [-0.2, 0) is 6.54 Å². The molecule has 0 aliphatic heterocycles. The summed E-state index contributed by atoms with van der Waals surface area (Å²) in [5, 5.41) is 5.71. The highest BCUT2D eigenvalue weighted by molar-refractivity contribution is 8.00. The van der Waals surface area contributed by atoms with Gasteiger partial charge in [-0.25, -0.2) is 4.98 Å². The van der Waals surface area contributed by atoms with Crippen molar-refractivity contribution in [1.29, 1.82) is 0 Å². The lowest BCUT2D eigenvalue weighted by molar-refractivity contribution is -0.0329. The van der Waals surface area contributed by atoms with Crippen molar-refractivity contribution in [3.05, 3.63) is 41.4 Å². The molecule has 21 heavy (non-hydrogen) atoms. The van der Waals surface area contributed by atoms with E-state index in [1.807, 2.05) is 0 Å². The highest BCUT2D eigenvalue weighted by atomic mass is 32.2. The number of alkyl halides is 3. The van der Waals surface area contributed by atoms with E-state index in [0.29, 0.717) is 11.5 Å². The molecule has 0 saturated heterocycles. The SMILES string of the molecule is Cc1cc(CNC(=O)c2cccnc2SC(F)(F)F)on1. The van der Waals surface area contributed by atoms with Crippen molar-refractivity contribution < 1.29 is 22.5 Å². The number of hydrogen-bond acceptors (Lipinski definition) is 5. The van der Waals surface area contributed by atoms with Crippen molar-refractivity contribution in [2.75, 3.05) is 0 Å². The van der Waals surface area contributed by atoms with E-state index in [9.17, 15) is 18.0 Å². The van der Waals surface area contributed by atoms with Crippen molar-refractivity contribution in [3.8, 4) is 0 Å². The van der Waals surface area contributed by atoms with Gasteiger partial charge in [0.05, 0.1) is 17.8 Å². The van der Waals surface area contributed by atoms with Gasteiger partial charge in [-0.1, -0.05) is 5.16 Å². The summed E-state index contributed by atoms with van der Waals surface area (Å²) in [6.45, 7) is 1.75. The quantitative estimate of drug-likeness (QED) is 0.878. The lowest BCUT2D eigenvalue weighted by atomic mass is 10.2. The number of hydrogen-bond donors (Lipinski definition) is 1. The van der Waals surface area contributed by atoms with Gasteiger partial charge in [-0.05, 0) is 19.1 Å². The van der Waals surface area contributed by atoms with Crippen LogP contribution in [0.25, 0.3) is 0 Å². The number of carbonyl (C=O) groups is 1. The predicted molar refractivity (Wildman–Crippen MR) is 68.6 cm³/mol. The maximum Gasteiger partial charge on any atom is 0.447 e. The van der Waals surface area contributed by atoms with Gasteiger partial charge in [0.25, 0.3) is 5.91 Å². The molecule has 0 spiro atoms. The number of aryl methyl sites for hydroxylation is 1. The monoisotopic (exact) mass is 317 g/mol. The largest absolute Gasteiger partial charge is 0.447 e. The zero-order chi connectivity index (χ0) is 15.5. The van der Waals surface area contributed by atoms with Crippen LogP contribution in [0.15, 0.2) is 33.9 Å². The minimum atomic E-state index is -4.51. The molecule has 9 heteroatoms. The third kappa shape index (κ3) is 4.48. The maximum atomic E-state index is 12.4. The van der Waals surface area contributed by atoms with E-state index >= 15 is 0 Å². The standard InChI is InChI=1S/C12H10F3N3O2S/c1-7-5-8(20-18-7)6-17-10(19)9-3-2-4-16-11(9)21-12(13,14)15/h2-5H,6H2,1H3,(H,17,19). The van der Waals surface area contributed by atoms with Crippen LogP contribution in [0.5, 0.6) is 0 Å². The Bertz CT molecular complexity index is 643. The molecule has 1 amide bonds. The number of aromatic nitrogens is 2. The molecule has 2 heterocycles. The van der Waals surface area contributed by atoms with Crippen LogP contribution in [0.2, 0.25) is 0 Å². The van der Waals surface area contributed by atoms with E-state index in [-0.39, 0.29) is 12.1 Å². The summed E-state index contributed by atoms with van der Waals surface area (Å²) in [5.41, 5.74) is -4.00. The average Bonchev–Trinajstić information content (AvgIpc) is 2.80. The van der Waals surface area contributed by atoms with Gasteiger partial charge in [-0.2, -0.15) is 13.2 Å². The van der Waals surface area contributed by atoms with Crippen LogP contribution >= 0.6 is 11.8 Å². The molecule has 0 bridgehead atoms. The molecule has 1 N–H and O–H groups in total. The molecule has 2 aromatic rings. The second kappa shape index (κ2) is 6.17. The molecule has 0 aliphatic carbocycles. The van der Waals surface area contributed by atoms with Gasteiger partial charge in [-0.3, -0.25) is 4.79 Å². The fourth-order valence-electron chi connectivity index (χ4n) is 1.52. The van der Waals surface area contributed by atoms with Crippen LogP contribution in [-0.4, -0.2) is 21.6 Å². The van der Waals surface area contributed by atoms with Crippen molar-refractivity contribution in [2.45, 2.75) is 24.0 Å². The third-order valence-corrected chi connectivity index (χ3v) is 3.08. The van der Waals surface area contributed by atoms with E-state index in [1.54, 1.807) is 13.0 Å². The summed E-state index contributed by atoms with van der Waals surface area (Å²) >= 11 is -0.426. The fraction of sp³-hybridized carbons (Fsp3) is 0.250. The van der Waals surface area contributed by atoms with Crippen LogP contribution < -0.4 is 5.32 Å². The third-order valence-electron chi connectivity index (χ3n) is 2.33. The molecule has 0 radical (unpaired) electrons. The van der Waals surface area contributed by atoms with Crippen LogP contribution in [0.3, 0.4) is 0 Å². The molecule has 0 unspecified atom stereocenters. The molecule has 0 fully saturated rings. The first-order valence-corrected chi connectivity index (χ1v) is 6.58. The fourth-order valence-corrected chi connectivity index (χ4v) is 2.12. The summed E-state index contributed by atoms with van der Waals surface area (Å²) in [7, 11) is 0. The summed E-state index contributed by atoms with van der Waals surface area (Å²) in [4.78, 5) is 15.5. The lowest BCUT2D eigenvalue weighted by Gasteiger charge is -2.09. The number of thioether (sulfide) groups is 1. The lowest BCUT2D eigenvalue weighted by Crippen LogP contribution is -2.23. The zero-order valence-corrected chi connectivity index (χ0v) is 11.6. The van der Waals surface area contributed by atoms with E-state index in [0.717, 1.165) is 0 Å². The van der Waals surface area contributed by atoms with Crippen LogP contribution in [0, 0.1) is 6.92 Å². The molecular formula is C12H10F3N3O2S. The molecule has 0 aliphatic rings. The van der Waals surface area contributed by atoms with E-state index in [4.69, 9.17) is 4.52 Å². The average molecular weight is 317 g/mol. The van der Waals surface area contributed by atoms with Crippen molar-refractivity contribution in [1.82, 2.24) is 15.5 Å². The number of nitrogens with one attached hydrogen (secondary N) is 1. The molecule has 0 atom stereocenters. The van der Waals surface area contributed by atoms with E-state index < -0.39 is 28.2 Å². The van der Waals surface area contributed by atoms with Crippen LogP contribution in [0.4, 0.5) is 13.2 Å². The normalized spacial score (nSPS) is 11.4. The number of carbonyl (C=O) groups excluding carboxylic acids is 1. The van der Waals surface area contributed by atoms with Gasteiger partial charge in [0.15, 0.2) is 5.76 Å². The number of rotatable bonds is 4. The molecule has 5 nitrogen and oxygen atoms in total. The van der Waals surface area contributed by atoms with Gasteiger partial charge in [0.1, 0.15) is 5.03 Å². The Balaban J connectivity index is 2.08. The Kier molecular flexibility index (Phi) is 4.51. The smallest absolute Gasteiger partial charge is 0.359 e. The number of halogens is 3. The van der Waals surface area contributed by atoms with Gasteiger partial charge in [0, 0.05) is 24.0 Å². The highest BCUT2D eigenvalue weighted by Crippen LogP contribution is 2.37. The first-order valence-electron chi connectivity index (χ1n) is 5.76. The van der Waals surface area contributed by atoms with Gasteiger partial charge in [0.2, 0.25) is 0 Å². The minimum Gasteiger partial charge on any atom is -0.359 e. The summed E-state index contributed by atoms with van der Waals surface area (Å²) in [6.07, 6.45) is 1.20. The second-order valence-electron chi connectivity index (χ2n) is 4.02. The van der Waals surface area contributed by atoms with Crippen molar-refractivity contribution in [3.63, 3.8) is 0 Å². The number of amides is 1. The molecule has 0 saturated carbocycles. The van der Waals surface area contributed by atoms with Gasteiger partial charge in [-0.15, -0.1) is 0 Å².